The predicted octanol–water partition coefficient (Wildman–Crippen LogP) is 5.10. The number of carbonyl (C=O) groups excluding carboxylic acids is 1. The van der Waals surface area contributed by atoms with Crippen molar-refractivity contribution in [1.29, 1.82) is 0 Å². The van der Waals surface area contributed by atoms with Crippen LogP contribution in [0.1, 0.15) is 16.1 Å². The van der Waals surface area contributed by atoms with Gasteiger partial charge in [-0.25, -0.2) is 0 Å². The van der Waals surface area contributed by atoms with Crippen molar-refractivity contribution in [3.8, 4) is 0 Å². The Kier molecular flexibility index (Phi) is 4.01. The van der Waals surface area contributed by atoms with E-state index in [4.69, 9.17) is 23.2 Å². The zero-order valence-corrected chi connectivity index (χ0v) is 13.2. The number of pyridine rings is 1. The maximum absolute atomic E-state index is 12.4. The third-order valence-corrected chi connectivity index (χ3v) is 3.84. The molecule has 0 spiro atoms. The second-order valence-corrected chi connectivity index (χ2v) is 5.75. The molecule has 0 unspecified atom stereocenters. The van der Waals surface area contributed by atoms with Crippen LogP contribution >= 0.6 is 23.2 Å². The molecule has 1 aromatic heterocycles. The molecule has 110 valence electrons. The summed E-state index contributed by atoms with van der Waals surface area (Å²) in [6.45, 7) is 1.93. The highest BCUT2D eigenvalue weighted by Crippen LogP contribution is 2.25. The zero-order valence-electron chi connectivity index (χ0n) is 11.7. The summed E-state index contributed by atoms with van der Waals surface area (Å²) in [5, 5.41) is 4.57. The van der Waals surface area contributed by atoms with Crippen LogP contribution in [0.3, 0.4) is 0 Å². The van der Waals surface area contributed by atoms with Crippen LogP contribution in [-0.2, 0) is 0 Å². The first kappa shape index (κ1) is 14.8. The number of benzene rings is 2. The molecule has 22 heavy (non-hydrogen) atoms. The fourth-order valence-corrected chi connectivity index (χ4v) is 2.72. The second kappa shape index (κ2) is 5.95. The van der Waals surface area contributed by atoms with Gasteiger partial charge in [-0.2, -0.15) is 0 Å². The Labute approximate surface area is 137 Å². The van der Waals surface area contributed by atoms with Gasteiger partial charge in [0.05, 0.1) is 21.8 Å². The third-order valence-electron chi connectivity index (χ3n) is 3.30. The summed E-state index contributed by atoms with van der Waals surface area (Å²) in [6.07, 6.45) is 0. The topological polar surface area (TPSA) is 42.0 Å². The lowest BCUT2D eigenvalue weighted by molar-refractivity contribution is 0.102. The standard InChI is InChI=1S/C17H12Cl2N2O/c1-10-5-7-13-15(20-10)3-2-4-16(13)21-17(22)12-8-6-11(18)9-14(12)19/h2-9H,1H3,(H,21,22). The van der Waals surface area contributed by atoms with E-state index in [0.717, 1.165) is 16.6 Å². The van der Waals surface area contributed by atoms with Crippen LogP contribution in [0.2, 0.25) is 10.0 Å². The quantitative estimate of drug-likeness (QED) is 0.710. The van der Waals surface area contributed by atoms with Gasteiger partial charge < -0.3 is 5.32 Å². The van der Waals surface area contributed by atoms with Crippen LogP contribution in [0.15, 0.2) is 48.5 Å². The number of hydrogen-bond acceptors (Lipinski definition) is 2. The minimum atomic E-state index is -0.283. The van der Waals surface area contributed by atoms with Crippen LogP contribution in [-0.4, -0.2) is 10.9 Å². The first-order valence-corrected chi connectivity index (χ1v) is 7.43. The fraction of sp³-hybridized carbons (Fsp3) is 0.0588. The van der Waals surface area contributed by atoms with Crippen LogP contribution in [0.25, 0.3) is 10.9 Å². The van der Waals surface area contributed by atoms with Gasteiger partial charge in [-0.3, -0.25) is 9.78 Å². The molecule has 5 heteroatoms. The van der Waals surface area contributed by atoms with Crippen molar-refractivity contribution in [2.24, 2.45) is 0 Å². The van der Waals surface area contributed by atoms with E-state index in [-0.39, 0.29) is 5.91 Å². The van der Waals surface area contributed by atoms with Gasteiger partial charge in [-0.1, -0.05) is 29.3 Å². The molecule has 3 aromatic rings. The Hall–Kier alpha value is -2.10. The largest absolute Gasteiger partial charge is 0.321 e. The highest BCUT2D eigenvalue weighted by Gasteiger charge is 2.12. The fourth-order valence-electron chi connectivity index (χ4n) is 2.23. The number of nitrogens with one attached hydrogen (secondary N) is 1. The Morgan fingerprint density at radius 3 is 2.68 bits per heavy atom. The molecule has 0 bridgehead atoms. The zero-order chi connectivity index (χ0) is 15.7. The summed E-state index contributed by atoms with van der Waals surface area (Å²) in [7, 11) is 0. The first-order valence-electron chi connectivity index (χ1n) is 6.67. The third kappa shape index (κ3) is 2.91. The van der Waals surface area contributed by atoms with Crippen molar-refractivity contribution in [2.45, 2.75) is 6.92 Å². The molecule has 0 saturated heterocycles. The molecule has 0 aliphatic heterocycles. The minimum absolute atomic E-state index is 0.283. The van der Waals surface area contributed by atoms with Gasteiger partial charge in [0.2, 0.25) is 0 Å². The van der Waals surface area contributed by atoms with E-state index in [0.29, 0.717) is 21.3 Å². The average molecular weight is 331 g/mol. The molecule has 1 heterocycles. The second-order valence-electron chi connectivity index (χ2n) is 4.90. The Balaban J connectivity index is 1.97. The Morgan fingerprint density at radius 2 is 1.91 bits per heavy atom. The van der Waals surface area contributed by atoms with Crippen molar-refractivity contribution in [3.05, 3.63) is 69.8 Å². The summed E-state index contributed by atoms with van der Waals surface area (Å²) in [6, 6.07) is 14.2. The number of rotatable bonds is 2. The van der Waals surface area contributed by atoms with Gasteiger partial charge in [0.25, 0.3) is 5.91 Å². The van der Waals surface area contributed by atoms with Gasteiger partial charge >= 0.3 is 0 Å². The lowest BCUT2D eigenvalue weighted by Crippen LogP contribution is -2.12. The van der Waals surface area contributed by atoms with Crippen molar-refractivity contribution in [1.82, 2.24) is 4.98 Å². The highest BCUT2D eigenvalue weighted by atomic mass is 35.5. The summed E-state index contributed by atoms with van der Waals surface area (Å²) in [5.74, 6) is -0.283. The molecule has 2 aromatic carbocycles. The van der Waals surface area contributed by atoms with Gasteiger partial charge in [0.15, 0.2) is 0 Å². The highest BCUT2D eigenvalue weighted by molar-refractivity contribution is 6.37. The molecular weight excluding hydrogens is 319 g/mol. The molecule has 0 saturated carbocycles. The molecule has 0 atom stereocenters. The number of fused-ring (bicyclic) bond motifs is 1. The number of amides is 1. The van der Waals surface area contributed by atoms with Crippen molar-refractivity contribution in [2.75, 3.05) is 5.32 Å². The number of hydrogen-bond donors (Lipinski definition) is 1. The first-order chi connectivity index (χ1) is 10.5. The molecule has 0 fully saturated rings. The van der Waals surface area contributed by atoms with Crippen molar-refractivity contribution in [3.63, 3.8) is 0 Å². The van der Waals surface area contributed by atoms with Crippen LogP contribution in [0.4, 0.5) is 5.69 Å². The molecule has 1 N–H and O–H groups in total. The number of nitrogens with zero attached hydrogens (tertiary/aromatic N) is 1. The molecular formula is C17H12Cl2N2O. The molecule has 0 aliphatic carbocycles. The number of aromatic nitrogens is 1. The smallest absolute Gasteiger partial charge is 0.257 e. The molecule has 3 rings (SSSR count). The predicted molar refractivity (Wildman–Crippen MR) is 90.9 cm³/mol. The van der Waals surface area contributed by atoms with Gasteiger partial charge in [-0.15, -0.1) is 0 Å². The monoisotopic (exact) mass is 330 g/mol. The summed E-state index contributed by atoms with van der Waals surface area (Å²) >= 11 is 11.9. The minimum Gasteiger partial charge on any atom is -0.321 e. The van der Waals surface area contributed by atoms with Crippen LogP contribution in [0.5, 0.6) is 0 Å². The molecule has 3 nitrogen and oxygen atoms in total. The molecule has 0 radical (unpaired) electrons. The molecule has 0 aliphatic rings. The summed E-state index contributed by atoms with van der Waals surface area (Å²) < 4.78 is 0. The lowest BCUT2D eigenvalue weighted by atomic mass is 10.1. The van der Waals surface area contributed by atoms with E-state index >= 15 is 0 Å². The van der Waals surface area contributed by atoms with Crippen molar-refractivity contribution < 1.29 is 4.79 Å². The maximum atomic E-state index is 12.4. The molecule has 1 amide bonds. The SMILES string of the molecule is Cc1ccc2c(NC(=O)c3ccc(Cl)cc3Cl)cccc2n1. The van der Waals surface area contributed by atoms with Crippen LogP contribution < -0.4 is 5.32 Å². The van der Waals surface area contributed by atoms with Crippen LogP contribution in [0, 0.1) is 6.92 Å². The summed E-state index contributed by atoms with van der Waals surface area (Å²) in [4.78, 5) is 16.8. The normalized spacial score (nSPS) is 10.7. The van der Waals surface area contributed by atoms with E-state index in [1.807, 2.05) is 37.3 Å². The van der Waals surface area contributed by atoms with E-state index in [2.05, 4.69) is 10.3 Å². The number of carbonyl (C=O) groups is 1. The van der Waals surface area contributed by atoms with Gasteiger partial charge in [0, 0.05) is 16.1 Å². The summed E-state index contributed by atoms with van der Waals surface area (Å²) in [5.41, 5.74) is 2.83. The number of aryl methyl sites for hydroxylation is 1. The Morgan fingerprint density at radius 1 is 1.09 bits per heavy atom. The van der Waals surface area contributed by atoms with E-state index < -0.39 is 0 Å². The number of anilines is 1. The maximum Gasteiger partial charge on any atom is 0.257 e. The van der Waals surface area contributed by atoms with E-state index in [1.54, 1.807) is 18.2 Å². The lowest BCUT2D eigenvalue weighted by Gasteiger charge is -2.10. The van der Waals surface area contributed by atoms with E-state index in [9.17, 15) is 4.79 Å². The van der Waals surface area contributed by atoms with Crippen molar-refractivity contribution >= 4 is 45.7 Å². The average Bonchev–Trinajstić information content (AvgIpc) is 2.47. The Bertz CT molecular complexity index is 878. The van der Waals surface area contributed by atoms with Gasteiger partial charge in [-0.05, 0) is 49.4 Å². The number of halogens is 2. The van der Waals surface area contributed by atoms with E-state index in [1.165, 1.54) is 0 Å². The van der Waals surface area contributed by atoms with Gasteiger partial charge in [0.1, 0.15) is 0 Å².